The van der Waals surface area contributed by atoms with Gasteiger partial charge in [-0.1, -0.05) is 35.3 Å². The summed E-state index contributed by atoms with van der Waals surface area (Å²) in [4.78, 5) is 4.39. The SMILES string of the molecule is CNC(c1ccc(Br)cn1)c1cccc(Cl)c1Cl. The Morgan fingerprint density at radius 2 is 2.00 bits per heavy atom. The van der Waals surface area contributed by atoms with Gasteiger partial charge in [0.2, 0.25) is 0 Å². The fourth-order valence-corrected chi connectivity index (χ4v) is 2.42. The number of pyridine rings is 1. The maximum Gasteiger partial charge on any atom is 0.0764 e. The minimum absolute atomic E-state index is 0.0794. The Morgan fingerprint density at radius 3 is 2.61 bits per heavy atom. The van der Waals surface area contributed by atoms with E-state index in [4.69, 9.17) is 23.2 Å². The van der Waals surface area contributed by atoms with Crippen LogP contribution in [0.15, 0.2) is 41.0 Å². The van der Waals surface area contributed by atoms with Crippen molar-refractivity contribution in [2.45, 2.75) is 6.04 Å². The highest BCUT2D eigenvalue weighted by Gasteiger charge is 2.17. The first kappa shape index (κ1) is 13.8. The lowest BCUT2D eigenvalue weighted by molar-refractivity contribution is 0.671. The normalized spacial score (nSPS) is 12.4. The van der Waals surface area contributed by atoms with E-state index in [1.807, 2.05) is 31.3 Å². The van der Waals surface area contributed by atoms with Gasteiger partial charge in [0.15, 0.2) is 0 Å². The van der Waals surface area contributed by atoms with E-state index in [9.17, 15) is 0 Å². The molecule has 1 aromatic heterocycles. The standard InChI is InChI=1S/C13H11BrCl2N2/c1-17-13(11-6-5-8(14)7-18-11)9-3-2-4-10(15)12(9)16/h2-7,13,17H,1H3. The molecule has 0 amide bonds. The number of rotatable bonds is 3. The molecule has 1 heterocycles. The van der Waals surface area contributed by atoms with Crippen LogP contribution in [0.25, 0.3) is 0 Å². The molecule has 18 heavy (non-hydrogen) atoms. The zero-order valence-corrected chi connectivity index (χ0v) is 12.7. The Morgan fingerprint density at radius 1 is 1.22 bits per heavy atom. The maximum absolute atomic E-state index is 6.24. The van der Waals surface area contributed by atoms with Crippen molar-refractivity contribution in [1.82, 2.24) is 10.3 Å². The number of nitrogens with zero attached hydrogens (tertiary/aromatic N) is 1. The first-order valence-electron chi connectivity index (χ1n) is 5.36. The fraction of sp³-hybridized carbons (Fsp3) is 0.154. The predicted molar refractivity (Wildman–Crippen MR) is 79.3 cm³/mol. The zero-order valence-electron chi connectivity index (χ0n) is 9.62. The smallest absolute Gasteiger partial charge is 0.0764 e. The zero-order chi connectivity index (χ0) is 13.1. The second-order valence-corrected chi connectivity index (χ2v) is 5.47. The predicted octanol–water partition coefficient (Wildman–Crippen LogP) is 4.46. The number of hydrogen-bond acceptors (Lipinski definition) is 2. The van der Waals surface area contributed by atoms with Crippen molar-refractivity contribution in [2.75, 3.05) is 7.05 Å². The van der Waals surface area contributed by atoms with Crippen LogP contribution in [0.3, 0.4) is 0 Å². The van der Waals surface area contributed by atoms with Gasteiger partial charge in [0.05, 0.1) is 21.8 Å². The van der Waals surface area contributed by atoms with Crippen molar-refractivity contribution in [2.24, 2.45) is 0 Å². The van der Waals surface area contributed by atoms with E-state index in [1.54, 1.807) is 12.3 Å². The fourth-order valence-electron chi connectivity index (χ4n) is 1.76. The molecule has 0 saturated heterocycles. The van der Waals surface area contributed by atoms with Crippen LogP contribution in [0.1, 0.15) is 17.3 Å². The summed E-state index contributed by atoms with van der Waals surface area (Å²) in [6.45, 7) is 0. The van der Waals surface area contributed by atoms with E-state index in [2.05, 4.69) is 26.2 Å². The van der Waals surface area contributed by atoms with Crippen molar-refractivity contribution in [3.05, 3.63) is 62.3 Å². The molecule has 1 unspecified atom stereocenters. The van der Waals surface area contributed by atoms with Crippen molar-refractivity contribution < 1.29 is 0 Å². The van der Waals surface area contributed by atoms with Crippen molar-refractivity contribution >= 4 is 39.1 Å². The molecule has 0 aliphatic carbocycles. The van der Waals surface area contributed by atoms with Crippen molar-refractivity contribution in [3.8, 4) is 0 Å². The molecular weight excluding hydrogens is 335 g/mol. The molecule has 0 fully saturated rings. The second-order valence-electron chi connectivity index (χ2n) is 3.77. The molecule has 1 aromatic carbocycles. The molecule has 2 nitrogen and oxygen atoms in total. The summed E-state index contributed by atoms with van der Waals surface area (Å²) < 4.78 is 0.943. The number of halogens is 3. The molecule has 2 rings (SSSR count). The molecule has 0 bridgehead atoms. The average molecular weight is 346 g/mol. The van der Waals surface area contributed by atoms with Gasteiger partial charge in [-0.05, 0) is 46.7 Å². The van der Waals surface area contributed by atoms with Crippen LogP contribution < -0.4 is 5.32 Å². The summed E-state index contributed by atoms with van der Waals surface area (Å²) in [5.41, 5.74) is 1.81. The highest BCUT2D eigenvalue weighted by atomic mass is 79.9. The lowest BCUT2D eigenvalue weighted by atomic mass is 10.0. The van der Waals surface area contributed by atoms with Crippen LogP contribution in [0, 0.1) is 0 Å². The van der Waals surface area contributed by atoms with E-state index in [1.165, 1.54) is 0 Å². The summed E-state index contributed by atoms with van der Waals surface area (Å²) in [7, 11) is 1.87. The minimum Gasteiger partial charge on any atom is -0.308 e. The van der Waals surface area contributed by atoms with Gasteiger partial charge >= 0.3 is 0 Å². The van der Waals surface area contributed by atoms with Gasteiger partial charge in [0, 0.05) is 10.7 Å². The van der Waals surface area contributed by atoms with E-state index < -0.39 is 0 Å². The quantitative estimate of drug-likeness (QED) is 0.888. The molecular formula is C13H11BrCl2N2. The number of hydrogen-bond donors (Lipinski definition) is 1. The highest BCUT2D eigenvalue weighted by Crippen LogP contribution is 2.32. The van der Waals surface area contributed by atoms with Crippen LogP contribution >= 0.6 is 39.1 Å². The monoisotopic (exact) mass is 344 g/mol. The first-order chi connectivity index (χ1) is 8.63. The second kappa shape index (κ2) is 6.02. The van der Waals surface area contributed by atoms with E-state index >= 15 is 0 Å². The Kier molecular flexibility index (Phi) is 4.62. The average Bonchev–Trinajstić information content (AvgIpc) is 2.37. The Hall–Kier alpha value is -0.610. The largest absolute Gasteiger partial charge is 0.308 e. The number of aromatic nitrogens is 1. The molecule has 0 aliphatic heterocycles. The Labute approximate surface area is 124 Å². The highest BCUT2D eigenvalue weighted by molar-refractivity contribution is 9.10. The van der Waals surface area contributed by atoms with Crippen LogP contribution in [-0.2, 0) is 0 Å². The summed E-state index contributed by atoms with van der Waals surface area (Å²) in [5.74, 6) is 0. The molecule has 1 atom stereocenters. The number of benzene rings is 1. The van der Waals surface area contributed by atoms with Crippen molar-refractivity contribution in [3.63, 3.8) is 0 Å². The number of nitrogens with one attached hydrogen (secondary N) is 1. The van der Waals surface area contributed by atoms with Gasteiger partial charge in [0.1, 0.15) is 0 Å². The van der Waals surface area contributed by atoms with Gasteiger partial charge in [-0.15, -0.1) is 0 Å². The van der Waals surface area contributed by atoms with E-state index in [0.717, 1.165) is 15.7 Å². The summed E-state index contributed by atoms with van der Waals surface area (Å²) >= 11 is 15.6. The minimum atomic E-state index is -0.0794. The van der Waals surface area contributed by atoms with Gasteiger partial charge in [-0.2, -0.15) is 0 Å². The van der Waals surface area contributed by atoms with Crippen LogP contribution in [0.5, 0.6) is 0 Å². The molecule has 0 saturated carbocycles. The molecule has 1 N–H and O–H groups in total. The molecule has 5 heteroatoms. The van der Waals surface area contributed by atoms with Crippen LogP contribution in [-0.4, -0.2) is 12.0 Å². The molecule has 0 spiro atoms. The van der Waals surface area contributed by atoms with Gasteiger partial charge in [-0.25, -0.2) is 0 Å². The summed E-state index contributed by atoms with van der Waals surface area (Å²) in [6.07, 6.45) is 1.76. The molecule has 2 aromatic rings. The van der Waals surface area contributed by atoms with E-state index in [0.29, 0.717) is 10.0 Å². The summed E-state index contributed by atoms with van der Waals surface area (Å²) in [5, 5.41) is 4.31. The van der Waals surface area contributed by atoms with Crippen molar-refractivity contribution in [1.29, 1.82) is 0 Å². The Balaban J connectivity index is 2.45. The third-order valence-electron chi connectivity index (χ3n) is 2.63. The third-order valence-corrected chi connectivity index (χ3v) is 3.93. The topological polar surface area (TPSA) is 24.9 Å². The Bertz CT molecular complexity index is 543. The molecule has 94 valence electrons. The third kappa shape index (κ3) is 2.86. The summed E-state index contributed by atoms with van der Waals surface area (Å²) in [6, 6.07) is 9.42. The first-order valence-corrected chi connectivity index (χ1v) is 6.91. The molecule has 0 aliphatic rings. The molecule has 0 radical (unpaired) electrons. The lowest BCUT2D eigenvalue weighted by Crippen LogP contribution is -2.19. The van der Waals surface area contributed by atoms with Gasteiger partial charge in [-0.3, -0.25) is 4.98 Å². The van der Waals surface area contributed by atoms with Crippen LogP contribution in [0.4, 0.5) is 0 Å². The maximum atomic E-state index is 6.24. The lowest BCUT2D eigenvalue weighted by Gasteiger charge is -2.18. The van der Waals surface area contributed by atoms with Gasteiger partial charge < -0.3 is 5.32 Å². The van der Waals surface area contributed by atoms with Crippen LogP contribution in [0.2, 0.25) is 10.0 Å². The van der Waals surface area contributed by atoms with Gasteiger partial charge in [0.25, 0.3) is 0 Å². The van der Waals surface area contributed by atoms with E-state index in [-0.39, 0.29) is 6.04 Å².